The van der Waals surface area contributed by atoms with E-state index in [1.165, 1.54) is 31.8 Å². The normalized spacial score (nSPS) is 15.4. The minimum absolute atomic E-state index is 0.252. The number of hydrogen-bond acceptors (Lipinski definition) is 7. The van der Waals surface area contributed by atoms with Crippen LogP contribution in [0.2, 0.25) is 0 Å². The highest BCUT2D eigenvalue weighted by Gasteiger charge is 2.32. The first-order chi connectivity index (χ1) is 15.8. The number of nitrogens with zero attached hydrogens (tertiary/aromatic N) is 2. The van der Waals surface area contributed by atoms with Gasteiger partial charge in [-0.1, -0.05) is 17.7 Å². The summed E-state index contributed by atoms with van der Waals surface area (Å²) in [6.07, 6.45) is 2.31. The number of nitrogens with one attached hydrogen (secondary N) is 1. The summed E-state index contributed by atoms with van der Waals surface area (Å²) in [6, 6.07) is 10.1. The quantitative estimate of drug-likeness (QED) is 0.465. The largest absolute Gasteiger partial charge is 0.496 e. The number of hydrogen-bond donors (Lipinski definition) is 1. The number of carbonyl (C=O) groups excluding carboxylic acids is 1. The zero-order valence-corrected chi connectivity index (χ0v) is 20.0. The van der Waals surface area contributed by atoms with E-state index in [-0.39, 0.29) is 29.8 Å². The molecule has 0 saturated carbocycles. The smallest absolute Gasteiger partial charge is 0.243 e. The van der Waals surface area contributed by atoms with Gasteiger partial charge in [0.05, 0.1) is 32.4 Å². The monoisotopic (exact) mass is 475 g/mol. The number of rotatable bonds is 8. The number of amides is 1. The lowest BCUT2D eigenvalue weighted by atomic mass is 9.98. The molecule has 0 unspecified atom stereocenters. The molecule has 0 spiro atoms. The van der Waals surface area contributed by atoms with Gasteiger partial charge in [-0.15, -0.1) is 0 Å². The first kappa shape index (κ1) is 24.5. The van der Waals surface area contributed by atoms with Gasteiger partial charge in [-0.25, -0.2) is 13.8 Å². The Morgan fingerprint density at radius 3 is 2.15 bits per heavy atom. The molecule has 0 aliphatic carbocycles. The van der Waals surface area contributed by atoms with Crippen LogP contribution in [0.15, 0.2) is 46.4 Å². The SMILES string of the molecule is COc1cc(OC)c(OC)cc1C=NNC(=O)C1CCN(S(=O)(=O)c2ccc(C)cc2)CC1. The Balaban J connectivity index is 1.60. The summed E-state index contributed by atoms with van der Waals surface area (Å²) in [6.45, 7) is 2.47. The Morgan fingerprint density at radius 1 is 1.00 bits per heavy atom. The van der Waals surface area contributed by atoms with Crippen LogP contribution in [-0.4, -0.2) is 59.3 Å². The van der Waals surface area contributed by atoms with Crippen molar-refractivity contribution in [3.05, 3.63) is 47.5 Å². The van der Waals surface area contributed by atoms with Gasteiger partial charge in [-0.3, -0.25) is 4.79 Å². The summed E-state index contributed by atoms with van der Waals surface area (Å²) < 4.78 is 43.0. The lowest BCUT2D eigenvalue weighted by molar-refractivity contribution is -0.126. The van der Waals surface area contributed by atoms with E-state index in [1.807, 2.05) is 6.92 Å². The van der Waals surface area contributed by atoms with Crippen LogP contribution < -0.4 is 19.6 Å². The third-order valence-corrected chi connectivity index (χ3v) is 7.51. The maximum absolute atomic E-state index is 12.8. The highest BCUT2D eigenvalue weighted by atomic mass is 32.2. The Bertz CT molecular complexity index is 1110. The molecule has 2 aromatic carbocycles. The van der Waals surface area contributed by atoms with Gasteiger partial charge in [0.2, 0.25) is 15.9 Å². The highest BCUT2D eigenvalue weighted by molar-refractivity contribution is 7.89. The minimum Gasteiger partial charge on any atom is -0.496 e. The van der Waals surface area contributed by atoms with Crippen molar-refractivity contribution in [2.24, 2.45) is 11.0 Å². The van der Waals surface area contributed by atoms with Gasteiger partial charge in [0, 0.05) is 30.6 Å². The number of piperidine rings is 1. The molecule has 1 N–H and O–H groups in total. The van der Waals surface area contributed by atoms with E-state index in [9.17, 15) is 13.2 Å². The van der Waals surface area contributed by atoms with E-state index in [0.29, 0.717) is 35.7 Å². The van der Waals surface area contributed by atoms with Gasteiger partial charge in [-0.2, -0.15) is 9.41 Å². The molecule has 9 nitrogen and oxygen atoms in total. The van der Waals surface area contributed by atoms with E-state index in [0.717, 1.165) is 5.56 Å². The van der Waals surface area contributed by atoms with Crippen LogP contribution in [0.4, 0.5) is 0 Å². The number of ether oxygens (including phenoxy) is 3. The molecule has 1 saturated heterocycles. The molecule has 33 heavy (non-hydrogen) atoms. The number of carbonyl (C=O) groups is 1. The summed E-state index contributed by atoms with van der Waals surface area (Å²) in [7, 11) is 1.01. The summed E-state index contributed by atoms with van der Waals surface area (Å²) >= 11 is 0. The van der Waals surface area contributed by atoms with E-state index in [2.05, 4.69) is 10.5 Å². The van der Waals surface area contributed by atoms with E-state index >= 15 is 0 Å². The second kappa shape index (κ2) is 10.7. The molecule has 0 bridgehead atoms. The molecular weight excluding hydrogens is 446 g/mol. The fourth-order valence-electron chi connectivity index (χ4n) is 3.63. The standard InChI is InChI=1S/C23H29N3O6S/c1-16-5-7-19(8-6-16)33(28,29)26-11-9-17(10-12-26)23(27)25-24-15-18-13-21(31-3)22(32-4)14-20(18)30-2/h5-8,13-15,17H,9-12H2,1-4H3,(H,25,27). The highest BCUT2D eigenvalue weighted by Crippen LogP contribution is 2.33. The fraction of sp³-hybridized carbons (Fsp3) is 0.391. The number of aryl methyl sites for hydroxylation is 1. The van der Waals surface area contributed by atoms with Crippen LogP contribution in [0, 0.1) is 12.8 Å². The predicted molar refractivity (Wildman–Crippen MR) is 124 cm³/mol. The average molecular weight is 476 g/mol. The van der Waals surface area contributed by atoms with Gasteiger partial charge >= 0.3 is 0 Å². The Labute approximate surface area is 194 Å². The van der Waals surface area contributed by atoms with Crippen molar-refractivity contribution in [1.29, 1.82) is 0 Å². The van der Waals surface area contributed by atoms with Gasteiger partial charge in [0.25, 0.3) is 0 Å². The van der Waals surface area contributed by atoms with Crippen LogP contribution in [0.1, 0.15) is 24.0 Å². The lowest BCUT2D eigenvalue weighted by Crippen LogP contribution is -2.42. The van der Waals surface area contributed by atoms with Crippen molar-refractivity contribution >= 4 is 22.1 Å². The first-order valence-electron chi connectivity index (χ1n) is 10.5. The van der Waals surface area contributed by atoms with Gasteiger partial charge in [-0.05, 0) is 38.0 Å². The van der Waals surface area contributed by atoms with E-state index < -0.39 is 10.0 Å². The van der Waals surface area contributed by atoms with Gasteiger partial charge < -0.3 is 14.2 Å². The maximum atomic E-state index is 12.8. The Morgan fingerprint density at radius 2 is 1.58 bits per heavy atom. The number of sulfonamides is 1. The summed E-state index contributed by atoms with van der Waals surface area (Å²) in [4.78, 5) is 12.8. The van der Waals surface area contributed by atoms with Crippen LogP contribution in [-0.2, 0) is 14.8 Å². The van der Waals surface area contributed by atoms with Crippen LogP contribution in [0.25, 0.3) is 0 Å². The molecule has 1 heterocycles. The summed E-state index contributed by atoms with van der Waals surface area (Å²) in [5.74, 6) is 0.966. The fourth-order valence-corrected chi connectivity index (χ4v) is 5.10. The van der Waals surface area contributed by atoms with Crippen molar-refractivity contribution in [1.82, 2.24) is 9.73 Å². The third-order valence-electron chi connectivity index (χ3n) is 5.60. The molecule has 10 heteroatoms. The van der Waals surface area contributed by atoms with Crippen LogP contribution in [0.5, 0.6) is 17.2 Å². The second-order valence-corrected chi connectivity index (χ2v) is 9.61. The molecule has 178 valence electrons. The van der Waals surface area contributed by atoms with E-state index in [1.54, 1.807) is 36.4 Å². The molecule has 1 aliphatic heterocycles. The van der Waals surface area contributed by atoms with Gasteiger partial charge in [0.1, 0.15) is 5.75 Å². The summed E-state index contributed by atoms with van der Waals surface area (Å²) in [5, 5.41) is 4.05. The first-order valence-corrected chi connectivity index (χ1v) is 11.9. The molecule has 1 fully saturated rings. The topological polar surface area (TPSA) is 107 Å². The lowest BCUT2D eigenvalue weighted by Gasteiger charge is -2.30. The van der Waals surface area contributed by atoms with Crippen LogP contribution in [0.3, 0.4) is 0 Å². The van der Waals surface area contributed by atoms with Crippen molar-refractivity contribution < 1.29 is 27.4 Å². The molecule has 2 aromatic rings. The number of benzene rings is 2. The zero-order valence-electron chi connectivity index (χ0n) is 19.2. The minimum atomic E-state index is -3.56. The maximum Gasteiger partial charge on any atom is 0.243 e. The number of methoxy groups -OCH3 is 3. The third kappa shape index (κ3) is 5.63. The van der Waals surface area contributed by atoms with Crippen molar-refractivity contribution in [3.8, 4) is 17.2 Å². The summed E-state index contributed by atoms with van der Waals surface area (Å²) in [5.41, 5.74) is 4.15. The molecule has 1 amide bonds. The molecule has 1 aliphatic rings. The predicted octanol–water partition coefficient (Wildman–Crippen LogP) is 2.57. The molecule has 3 rings (SSSR count). The zero-order chi connectivity index (χ0) is 24.0. The molecule has 0 radical (unpaired) electrons. The van der Waals surface area contributed by atoms with Crippen molar-refractivity contribution in [2.75, 3.05) is 34.4 Å². The second-order valence-electron chi connectivity index (χ2n) is 7.67. The molecular formula is C23H29N3O6S. The molecule has 0 aromatic heterocycles. The van der Waals surface area contributed by atoms with Gasteiger partial charge in [0.15, 0.2) is 11.5 Å². The number of hydrazone groups is 1. The molecule has 0 atom stereocenters. The average Bonchev–Trinajstić information content (AvgIpc) is 2.83. The Kier molecular flexibility index (Phi) is 7.93. The van der Waals surface area contributed by atoms with Crippen LogP contribution >= 0.6 is 0 Å². The Hall–Kier alpha value is -3.11. The van der Waals surface area contributed by atoms with Crippen molar-refractivity contribution in [3.63, 3.8) is 0 Å². The van der Waals surface area contributed by atoms with E-state index in [4.69, 9.17) is 14.2 Å². The van der Waals surface area contributed by atoms with Crippen molar-refractivity contribution in [2.45, 2.75) is 24.7 Å².